The highest BCUT2D eigenvalue weighted by molar-refractivity contribution is 6.01. The first-order valence-corrected chi connectivity index (χ1v) is 11.3. The summed E-state index contributed by atoms with van der Waals surface area (Å²) in [5, 5.41) is 6.34. The Balaban J connectivity index is 0.000000278. The van der Waals surface area contributed by atoms with E-state index in [1.165, 1.54) is 0 Å². The van der Waals surface area contributed by atoms with E-state index in [1.54, 1.807) is 36.7 Å². The summed E-state index contributed by atoms with van der Waals surface area (Å²) in [6, 6.07) is 8.61. The van der Waals surface area contributed by atoms with Crippen molar-refractivity contribution in [1.82, 2.24) is 10.3 Å². The van der Waals surface area contributed by atoms with Crippen LogP contribution in [-0.4, -0.2) is 11.0 Å². The van der Waals surface area contributed by atoms with E-state index in [0.717, 1.165) is 22.9 Å². The van der Waals surface area contributed by atoms with Crippen molar-refractivity contribution in [2.45, 2.75) is 25.4 Å². The van der Waals surface area contributed by atoms with Crippen molar-refractivity contribution in [3.05, 3.63) is 106 Å². The Morgan fingerprint density at radius 1 is 0.756 bits per heavy atom. The molecule has 2 amide bonds. The van der Waals surface area contributed by atoms with E-state index in [2.05, 4.69) is 15.6 Å². The van der Waals surface area contributed by atoms with Crippen molar-refractivity contribution in [2.24, 2.45) is 5.73 Å². The standard InChI is InChI=1S/C18H12F5N3O.C8H6F5N/c19-15-11(4-5-13(16(15)20)18(21,22)23)9-25-17(27)26-14-3-1-2-10-8-24-7-6-12(10)14;9-6-4(3-14)1-2-5(7(6)10)8(11,12)13/h1-8H,9H2,(H2,25,26,27);1-2H,3,14H2. The topological polar surface area (TPSA) is 80.0 Å². The van der Waals surface area contributed by atoms with Gasteiger partial charge in [-0.3, -0.25) is 4.98 Å². The molecule has 0 atom stereocenters. The molecule has 1 aromatic heterocycles. The number of nitrogens with one attached hydrogen (secondary N) is 2. The molecule has 3 aromatic carbocycles. The Bertz CT molecular complexity index is 1550. The van der Waals surface area contributed by atoms with Crippen LogP contribution in [0.3, 0.4) is 0 Å². The monoisotopic (exact) mass is 592 g/mol. The van der Waals surface area contributed by atoms with Gasteiger partial charge < -0.3 is 16.4 Å². The highest BCUT2D eigenvalue weighted by Crippen LogP contribution is 2.34. The number of nitrogens with two attached hydrogens (primary N) is 1. The molecule has 5 nitrogen and oxygen atoms in total. The maximum atomic E-state index is 13.8. The van der Waals surface area contributed by atoms with Gasteiger partial charge in [-0.25, -0.2) is 22.4 Å². The molecule has 0 unspecified atom stereocenters. The van der Waals surface area contributed by atoms with Crippen LogP contribution in [0.4, 0.5) is 54.4 Å². The first kappa shape index (κ1) is 31.1. The molecular weight excluding hydrogens is 574 g/mol. The minimum atomic E-state index is -5.00. The number of carbonyl (C=O) groups excluding carboxylic acids is 1. The van der Waals surface area contributed by atoms with Crippen molar-refractivity contribution in [1.29, 1.82) is 0 Å². The molecule has 4 N–H and O–H groups in total. The van der Waals surface area contributed by atoms with Crippen LogP contribution in [-0.2, 0) is 25.4 Å². The number of nitrogens with zero attached hydrogens (tertiary/aromatic N) is 1. The summed E-state index contributed by atoms with van der Waals surface area (Å²) < 4.78 is 127. The fraction of sp³-hybridized carbons (Fsp3) is 0.154. The molecule has 41 heavy (non-hydrogen) atoms. The SMILES string of the molecule is NCc1ccc(C(F)(F)F)c(F)c1F.O=C(NCc1ccc(C(F)(F)F)c(F)c1F)Nc1cccc2cnccc12. The Morgan fingerprint density at radius 3 is 1.88 bits per heavy atom. The molecular formula is C26H18F10N4O. The Hall–Kier alpha value is -4.40. The summed E-state index contributed by atoms with van der Waals surface area (Å²) in [6.07, 6.45) is -6.74. The van der Waals surface area contributed by atoms with E-state index in [1.807, 2.05) is 0 Å². The van der Waals surface area contributed by atoms with E-state index < -0.39 is 64.9 Å². The van der Waals surface area contributed by atoms with Crippen molar-refractivity contribution in [3.63, 3.8) is 0 Å². The third-order valence-electron chi connectivity index (χ3n) is 5.52. The van der Waals surface area contributed by atoms with Crippen LogP contribution in [0.5, 0.6) is 0 Å². The first-order valence-electron chi connectivity index (χ1n) is 11.3. The lowest BCUT2D eigenvalue weighted by atomic mass is 10.1. The molecule has 218 valence electrons. The summed E-state index contributed by atoms with van der Waals surface area (Å²) in [6.45, 7) is -0.833. The summed E-state index contributed by atoms with van der Waals surface area (Å²) in [5.74, 6) is -7.09. The first-order chi connectivity index (χ1) is 19.1. The number of hydrogen-bond donors (Lipinski definition) is 3. The zero-order valence-corrected chi connectivity index (χ0v) is 20.4. The average molecular weight is 592 g/mol. The molecule has 4 aromatic rings. The van der Waals surface area contributed by atoms with Gasteiger partial charge in [-0.15, -0.1) is 0 Å². The summed E-state index contributed by atoms with van der Waals surface area (Å²) in [4.78, 5) is 16.0. The van der Waals surface area contributed by atoms with E-state index in [0.29, 0.717) is 17.8 Å². The van der Waals surface area contributed by atoms with Gasteiger partial charge in [0.2, 0.25) is 0 Å². The molecule has 1 heterocycles. The lowest BCUT2D eigenvalue weighted by Crippen LogP contribution is -2.29. The van der Waals surface area contributed by atoms with E-state index >= 15 is 0 Å². The van der Waals surface area contributed by atoms with Gasteiger partial charge in [-0.05, 0) is 24.3 Å². The van der Waals surface area contributed by atoms with Gasteiger partial charge in [0.25, 0.3) is 0 Å². The number of anilines is 1. The second-order valence-electron chi connectivity index (χ2n) is 8.21. The van der Waals surface area contributed by atoms with Crippen LogP contribution < -0.4 is 16.4 Å². The summed E-state index contributed by atoms with van der Waals surface area (Å²) in [7, 11) is 0. The zero-order chi connectivity index (χ0) is 30.5. The number of pyridine rings is 1. The molecule has 0 saturated carbocycles. The van der Waals surface area contributed by atoms with Crippen LogP contribution in [0.1, 0.15) is 22.3 Å². The predicted octanol–water partition coefficient (Wildman–Crippen LogP) is 7.30. The second kappa shape index (κ2) is 12.4. The number of amides is 2. The fourth-order valence-corrected chi connectivity index (χ4v) is 3.48. The zero-order valence-electron chi connectivity index (χ0n) is 20.4. The molecule has 0 fully saturated rings. The number of urea groups is 1. The van der Waals surface area contributed by atoms with E-state index in [4.69, 9.17) is 5.73 Å². The number of hydrogen-bond acceptors (Lipinski definition) is 3. The fourth-order valence-electron chi connectivity index (χ4n) is 3.48. The maximum Gasteiger partial charge on any atom is 0.419 e. The Labute approximate surface area is 225 Å². The van der Waals surface area contributed by atoms with Gasteiger partial charge in [-0.1, -0.05) is 24.3 Å². The normalized spacial score (nSPS) is 11.6. The lowest BCUT2D eigenvalue weighted by molar-refractivity contribution is -0.141. The number of aromatic nitrogens is 1. The van der Waals surface area contributed by atoms with Gasteiger partial charge in [0.15, 0.2) is 23.3 Å². The van der Waals surface area contributed by atoms with Crippen LogP contribution in [0.25, 0.3) is 10.8 Å². The van der Waals surface area contributed by atoms with Gasteiger partial charge >= 0.3 is 18.4 Å². The number of carbonyl (C=O) groups is 1. The van der Waals surface area contributed by atoms with Crippen LogP contribution in [0.2, 0.25) is 0 Å². The number of alkyl halides is 6. The molecule has 0 aliphatic rings. The molecule has 0 aliphatic carbocycles. The van der Waals surface area contributed by atoms with Crippen molar-refractivity contribution >= 4 is 22.5 Å². The molecule has 0 bridgehead atoms. The van der Waals surface area contributed by atoms with Crippen LogP contribution >= 0.6 is 0 Å². The Kier molecular flexibility index (Phi) is 9.42. The summed E-state index contributed by atoms with van der Waals surface area (Å²) >= 11 is 0. The Morgan fingerprint density at radius 2 is 1.32 bits per heavy atom. The van der Waals surface area contributed by atoms with Crippen molar-refractivity contribution in [3.8, 4) is 0 Å². The van der Waals surface area contributed by atoms with Crippen LogP contribution in [0, 0.1) is 23.3 Å². The second-order valence-corrected chi connectivity index (χ2v) is 8.21. The predicted molar refractivity (Wildman–Crippen MR) is 128 cm³/mol. The minimum absolute atomic E-state index is 0.282. The van der Waals surface area contributed by atoms with Crippen LogP contribution in [0.15, 0.2) is 60.9 Å². The smallest absolute Gasteiger partial charge is 0.334 e. The number of halogens is 10. The highest BCUT2D eigenvalue weighted by atomic mass is 19.4. The van der Waals surface area contributed by atoms with E-state index in [9.17, 15) is 48.7 Å². The summed E-state index contributed by atoms with van der Waals surface area (Å²) in [5.41, 5.74) is 1.45. The average Bonchev–Trinajstić information content (AvgIpc) is 2.90. The molecule has 0 aliphatic heterocycles. The number of fused-ring (bicyclic) bond motifs is 1. The minimum Gasteiger partial charge on any atom is -0.334 e. The third kappa shape index (κ3) is 7.42. The van der Waals surface area contributed by atoms with Gasteiger partial charge in [-0.2, -0.15) is 26.3 Å². The van der Waals surface area contributed by atoms with Gasteiger partial charge in [0, 0.05) is 47.4 Å². The van der Waals surface area contributed by atoms with Gasteiger partial charge in [0.1, 0.15) is 0 Å². The van der Waals surface area contributed by atoms with Crippen molar-refractivity contribution < 1.29 is 48.7 Å². The number of rotatable bonds is 4. The molecule has 0 saturated heterocycles. The quantitative estimate of drug-likeness (QED) is 0.218. The molecule has 0 spiro atoms. The lowest BCUT2D eigenvalue weighted by Gasteiger charge is -2.13. The maximum absolute atomic E-state index is 13.8. The van der Waals surface area contributed by atoms with E-state index in [-0.39, 0.29) is 12.1 Å². The van der Waals surface area contributed by atoms with Crippen molar-refractivity contribution in [2.75, 3.05) is 5.32 Å². The molecule has 0 radical (unpaired) electrons. The van der Waals surface area contributed by atoms with Gasteiger partial charge in [0.05, 0.1) is 16.8 Å². The number of benzene rings is 3. The molecule has 15 heteroatoms. The largest absolute Gasteiger partial charge is 0.419 e. The third-order valence-corrected chi connectivity index (χ3v) is 5.52. The molecule has 4 rings (SSSR count). The highest BCUT2D eigenvalue weighted by Gasteiger charge is 2.36.